The van der Waals surface area contributed by atoms with Crippen molar-refractivity contribution in [2.75, 3.05) is 89.5 Å². The maximum Gasteiger partial charge on any atom is 0.129 e. The van der Waals surface area contributed by atoms with Crippen molar-refractivity contribution in [1.82, 2.24) is 19.9 Å². The molecule has 3 rings (SSSR count). The number of halogens is 1. The number of aromatic nitrogens is 3. The molecule has 11 nitrogen and oxygen atoms in total. The van der Waals surface area contributed by atoms with Crippen molar-refractivity contribution in [3.63, 3.8) is 0 Å². The molecule has 0 saturated carbocycles. The van der Waals surface area contributed by atoms with Crippen LogP contribution in [0.2, 0.25) is 5.02 Å². The fourth-order valence-corrected chi connectivity index (χ4v) is 6.78. The SMILES string of the molecule is C#CCOCCOCCOCCOCCSCCCn1c(CN(C)c2cnccc2C(C=C)(CCO)CCNC(C)(C)C)nc2cc(Cl)ccc21.C=O. The van der Waals surface area contributed by atoms with Crippen LogP contribution in [0.25, 0.3) is 11.0 Å². The summed E-state index contributed by atoms with van der Waals surface area (Å²) in [6, 6.07) is 7.98. The molecular formula is C40H60ClN5O6S. The third-order valence-electron chi connectivity index (χ3n) is 8.43. The summed E-state index contributed by atoms with van der Waals surface area (Å²) in [6.45, 7) is 19.1. The molecule has 53 heavy (non-hydrogen) atoms. The summed E-state index contributed by atoms with van der Waals surface area (Å²) >= 11 is 8.27. The van der Waals surface area contributed by atoms with Crippen molar-refractivity contribution in [2.24, 2.45) is 0 Å². The number of hydrogen-bond donors (Lipinski definition) is 2. The highest BCUT2D eigenvalue weighted by Crippen LogP contribution is 2.39. The fraction of sp³-hybridized carbons (Fsp3) is 0.575. The largest absolute Gasteiger partial charge is 0.396 e. The number of pyridine rings is 1. The second kappa shape index (κ2) is 25.9. The standard InChI is InChI=1S/C39H58ClN5O5S.CH2O/c1-7-19-47-20-21-48-22-23-49-24-25-50-26-28-51-27-9-17-45-35-11-10-32(40)29-34(35)43-37(45)31-44(6)36-30-41-15-12-33(36)39(8-2,14-18-46)13-16-42-38(3,4)5;1-2/h1,8,10-12,15,29-30,42,46H,2,9,13-14,16-28,31H2,3-6H3;1H2. The van der Waals surface area contributed by atoms with Gasteiger partial charge in [-0.1, -0.05) is 23.6 Å². The van der Waals surface area contributed by atoms with E-state index in [9.17, 15) is 5.11 Å². The minimum atomic E-state index is -0.422. The summed E-state index contributed by atoms with van der Waals surface area (Å²) in [5.74, 6) is 5.31. The van der Waals surface area contributed by atoms with E-state index in [1.54, 1.807) is 0 Å². The number of aliphatic hydroxyl groups is 1. The van der Waals surface area contributed by atoms with Crippen LogP contribution in [0, 0.1) is 12.3 Å². The number of terminal acetylenes is 1. The van der Waals surface area contributed by atoms with Crippen molar-refractivity contribution in [1.29, 1.82) is 0 Å². The monoisotopic (exact) mass is 773 g/mol. The smallest absolute Gasteiger partial charge is 0.129 e. The average molecular weight is 774 g/mol. The lowest BCUT2D eigenvalue weighted by Crippen LogP contribution is -2.40. The van der Waals surface area contributed by atoms with Gasteiger partial charge in [0.05, 0.1) is 75.7 Å². The van der Waals surface area contributed by atoms with Crippen LogP contribution in [0.5, 0.6) is 0 Å². The Labute approximate surface area is 326 Å². The molecule has 13 heteroatoms. The molecule has 0 aliphatic rings. The minimum absolute atomic E-state index is 0.00977. The number of imidazole rings is 1. The predicted molar refractivity (Wildman–Crippen MR) is 218 cm³/mol. The predicted octanol–water partition coefficient (Wildman–Crippen LogP) is 5.94. The van der Waals surface area contributed by atoms with Crippen LogP contribution in [0.1, 0.15) is 51.4 Å². The number of aliphatic hydroxyl groups excluding tert-OH is 1. The molecule has 0 amide bonds. The zero-order valence-corrected chi connectivity index (χ0v) is 33.7. The minimum Gasteiger partial charge on any atom is -0.396 e. The highest BCUT2D eigenvalue weighted by molar-refractivity contribution is 7.99. The third-order valence-corrected chi connectivity index (χ3v) is 9.70. The molecular weight excluding hydrogens is 714 g/mol. The molecule has 1 aromatic carbocycles. The van der Waals surface area contributed by atoms with Gasteiger partial charge in [0.25, 0.3) is 0 Å². The maximum atomic E-state index is 10.2. The van der Waals surface area contributed by atoms with Crippen LogP contribution in [0.4, 0.5) is 5.69 Å². The van der Waals surface area contributed by atoms with Gasteiger partial charge in [0, 0.05) is 48.1 Å². The number of hydrogen-bond acceptors (Lipinski definition) is 11. The van der Waals surface area contributed by atoms with Crippen LogP contribution in [0.15, 0.2) is 49.3 Å². The molecule has 2 heterocycles. The van der Waals surface area contributed by atoms with Gasteiger partial charge in [-0.15, -0.1) is 13.0 Å². The van der Waals surface area contributed by atoms with Crippen LogP contribution >= 0.6 is 23.4 Å². The maximum absolute atomic E-state index is 10.2. The molecule has 294 valence electrons. The van der Waals surface area contributed by atoms with Gasteiger partial charge >= 0.3 is 0 Å². The van der Waals surface area contributed by atoms with Crippen LogP contribution in [0.3, 0.4) is 0 Å². The van der Waals surface area contributed by atoms with Gasteiger partial charge in [0.15, 0.2) is 0 Å². The summed E-state index contributed by atoms with van der Waals surface area (Å²) in [7, 11) is 2.08. The van der Waals surface area contributed by atoms with Crippen LogP contribution in [-0.4, -0.2) is 117 Å². The molecule has 2 N–H and O–H groups in total. The number of benzene rings is 1. The lowest BCUT2D eigenvalue weighted by Gasteiger charge is -2.36. The van der Waals surface area contributed by atoms with Gasteiger partial charge in [0.2, 0.25) is 0 Å². The Morgan fingerprint density at radius 2 is 1.72 bits per heavy atom. The second-order valence-electron chi connectivity index (χ2n) is 13.4. The molecule has 0 aliphatic heterocycles. The molecule has 0 saturated heterocycles. The molecule has 0 bridgehead atoms. The number of nitrogens with zero attached hydrogens (tertiary/aromatic N) is 4. The Bertz CT molecular complexity index is 1510. The normalized spacial score (nSPS) is 12.5. The molecule has 0 aliphatic carbocycles. The quantitative estimate of drug-likeness (QED) is 0.0544. The number of nitrogens with one attached hydrogen (secondary N) is 1. The first kappa shape index (κ1) is 46.2. The zero-order chi connectivity index (χ0) is 39.0. The molecule has 2 aromatic heterocycles. The number of thioether (sulfide) groups is 1. The number of rotatable bonds is 27. The van der Waals surface area contributed by atoms with E-state index in [4.69, 9.17) is 46.8 Å². The van der Waals surface area contributed by atoms with Gasteiger partial charge in [-0.3, -0.25) is 4.98 Å². The van der Waals surface area contributed by atoms with E-state index in [0.29, 0.717) is 70.8 Å². The van der Waals surface area contributed by atoms with Gasteiger partial charge in [-0.25, -0.2) is 4.98 Å². The van der Waals surface area contributed by atoms with E-state index >= 15 is 0 Å². The van der Waals surface area contributed by atoms with Crippen molar-refractivity contribution < 1.29 is 28.8 Å². The number of allylic oxidation sites excluding steroid dienone is 1. The number of ether oxygens (including phenoxy) is 4. The Morgan fingerprint density at radius 3 is 2.36 bits per heavy atom. The van der Waals surface area contributed by atoms with Crippen molar-refractivity contribution >= 4 is 46.9 Å². The Balaban J connectivity index is 0.00000477. The van der Waals surface area contributed by atoms with Crippen molar-refractivity contribution in [2.45, 2.75) is 64.1 Å². The first-order valence-corrected chi connectivity index (χ1v) is 19.6. The molecule has 1 atom stereocenters. The average Bonchev–Trinajstić information content (AvgIpc) is 3.48. The lowest BCUT2D eigenvalue weighted by atomic mass is 9.74. The number of aryl methyl sites for hydroxylation is 1. The third kappa shape index (κ3) is 16.5. The first-order valence-electron chi connectivity index (χ1n) is 18.0. The lowest BCUT2D eigenvalue weighted by molar-refractivity contribution is -0.0980. The highest BCUT2D eigenvalue weighted by Gasteiger charge is 2.32. The molecule has 0 spiro atoms. The topological polar surface area (TPSA) is 120 Å². The van der Waals surface area contributed by atoms with E-state index in [0.717, 1.165) is 65.5 Å². The summed E-state index contributed by atoms with van der Waals surface area (Å²) < 4.78 is 24.2. The van der Waals surface area contributed by atoms with E-state index in [1.165, 1.54) is 0 Å². The number of anilines is 1. The molecule has 3 aromatic rings. The second-order valence-corrected chi connectivity index (χ2v) is 15.0. The molecule has 1 unspecified atom stereocenters. The van der Waals surface area contributed by atoms with E-state index < -0.39 is 5.41 Å². The van der Waals surface area contributed by atoms with Gasteiger partial charge in [-0.2, -0.15) is 11.8 Å². The number of carbonyl (C=O) groups excluding carboxylic acids is 1. The Kier molecular flexibility index (Phi) is 22.6. The summed E-state index contributed by atoms with van der Waals surface area (Å²) in [4.78, 5) is 19.8. The van der Waals surface area contributed by atoms with E-state index in [-0.39, 0.29) is 12.1 Å². The molecule has 0 fully saturated rings. The molecule has 0 radical (unpaired) electrons. The summed E-state index contributed by atoms with van der Waals surface area (Å²) in [6.07, 6.45) is 13.2. The van der Waals surface area contributed by atoms with Crippen LogP contribution < -0.4 is 10.2 Å². The fourth-order valence-electron chi connectivity index (χ4n) is 5.84. The van der Waals surface area contributed by atoms with Gasteiger partial charge < -0.3 is 43.6 Å². The van der Waals surface area contributed by atoms with Crippen LogP contribution in [-0.2, 0) is 42.2 Å². The zero-order valence-electron chi connectivity index (χ0n) is 32.1. The summed E-state index contributed by atoms with van der Waals surface area (Å²) in [5.41, 5.74) is 3.62. The van der Waals surface area contributed by atoms with Gasteiger partial charge in [0.1, 0.15) is 19.2 Å². The van der Waals surface area contributed by atoms with Crippen molar-refractivity contribution in [3.05, 3.63) is 65.7 Å². The van der Waals surface area contributed by atoms with E-state index in [2.05, 4.69) is 72.2 Å². The van der Waals surface area contributed by atoms with E-state index in [1.807, 2.05) is 49.2 Å². The van der Waals surface area contributed by atoms with Gasteiger partial charge in [-0.05, 0) is 82.2 Å². The Morgan fingerprint density at radius 1 is 1.04 bits per heavy atom. The number of fused-ring (bicyclic) bond motifs is 1. The Hall–Kier alpha value is -2.99. The first-order chi connectivity index (χ1) is 25.6. The number of carbonyl (C=O) groups is 1. The van der Waals surface area contributed by atoms with Crippen molar-refractivity contribution in [3.8, 4) is 12.3 Å². The highest BCUT2D eigenvalue weighted by atomic mass is 35.5. The summed E-state index contributed by atoms with van der Waals surface area (Å²) in [5, 5.41) is 14.4.